The molecule has 0 saturated heterocycles. The van der Waals surface area contributed by atoms with Gasteiger partial charge in [0, 0.05) is 6.54 Å². The molecular formula is C12H26N2OS. The van der Waals surface area contributed by atoms with Crippen molar-refractivity contribution in [2.45, 2.75) is 45.6 Å². The first-order valence-electron chi connectivity index (χ1n) is 6.22. The van der Waals surface area contributed by atoms with Crippen molar-refractivity contribution < 1.29 is 4.79 Å². The predicted octanol–water partition coefficient (Wildman–Crippen LogP) is 2.02. The number of hydrogen-bond donors (Lipinski definition) is 2. The first kappa shape index (κ1) is 15.8. The van der Waals surface area contributed by atoms with Crippen molar-refractivity contribution in [1.29, 1.82) is 0 Å². The highest BCUT2D eigenvalue weighted by molar-refractivity contribution is 7.98. The molecule has 16 heavy (non-hydrogen) atoms. The molecule has 3 nitrogen and oxygen atoms in total. The second kappa shape index (κ2) is 11.3. The van der Waals surface area contributed by atoms with E-state index in [4.69, 9.17) is 0 Å². The fourth-order valence-electron chi connectivity index (χ4n) is 1.46. The lowest BCUT2D eigenvalue weighted by molar-refractivity contribution is -0.122. The summed E-state index contributed by atoms with van der Waals surface area (Å²) >= 11 is 1.91. The fraction of sp³-hybridized carbons (Fsp3) is 0.917. The lowest BCUT2D eigenvalue weighted by Gasteiger charge is -2.12. The number of likely N-dealkylation sites (N-methyl/N-ethyl adjacent to an activating group) is 1. The molecule has 96 valence electrons. The average Bonchev–Trinajstić information content (AvgIpc) is 2.28. The zero-order valence-corrected chi connectivity index (χ0v) is 11.7. The van der Waals surface area contributed by atoms with Gasteiger partial charge in [-0.15, -0.1) is 0 Å². The van der Waals surface area contributed by atoms with Gasteiger partial charge in [-0.3, -0.25) is 4.79 Å². The minimum Gasteiger partial charge on any atom is -0.355 e. The molecular weight excluding hydrogens is 220 g/mol. The molecule has 1 atom stereocenters. The van der Waals surface area contributed by atoms with Crippen LogP contribution < -0.4 is 10.6 Å². The zero-order chi connectivity index (χ0) is 12.2. The smallest absolute Gasteiger partial charge is 0.236 e. The van der Waals surface area contributed by atoms with Gasteiger partial charge in [0.25, 0.3) is 0 Å². The van der Waals surface area contributed by atoms with Crippen LogP contribution in [0.1, 0.15) is 39.5 Å². The minimum absolute atomic E-state index is 0.0638. The van der Waals surface area contributed by atoms with Crippen LogP contribution in [0.15, 0.2) is 0 Å². The molecule has 1 unspecified atom stereocenters. The van der Waals surface area contributed by atoms with Crippen molar-refractivity contribution >= 4 is 17.7 Å². The van der Waals surface area contributed by atoms with Crippen molar-refractivity contribution in [3.05, 3.63) is 0 Å². The maximum absolute atomic E-state index is 11.4. The SMILES string of the molecule is CCNC(=O)C(C)NCCCCCCSC. The summed E-state index contributed by atoms with van der Waals surface area (Å²) in [7, 11) is 0. The van der Waals surface area contributed by atoms with Crippen molar-refractivity contribution in [3.63, 3.8) is 0 Å². The monoisotopic (exact) mass is 246 g/mol. The first-order chi connectivity index (χ1) is 7.72. The quantitative estimate of drug-likeness (QED) is 0.580. The summed E-state index contributed by atoms with van der Waals surface area (Å²) < 4.78 is 0. The number of carbonyl (C=O) groups is 1. The molecule has 0 aliphatic heterocycles. The number of unbranched alkanes of at least 4 members (excludes halogenated alkanes) is 3. The van der Waals surface area contributed by atoms with Gasteiger partial charge in [0.2, 0.25) is 5.91 Å². The van der Waals surface area contributed by atoms with E-state index >= 15 is 0 Å². The Hall–Kier alpha value is -0.220. The molecule has 4 heteroatoms. The van der Waals surface area contributed by atoms with Gasteiger partial charge in [-0.05, 0) is 45.2 Å². The maximum Gasteiger partial charge on any atom is 0.236 e. The normalized spacial score (nSPS) is 12.4. The van der Waals surface area contributed by atoms with E-state index in [1.165, 1.54) is 25.0 Å². The van der Waals surface area contributed by atoms with Gasteiger partial charge in [0.1, 0.15) is 0 Å². The molecule has 0 saturated carbocycles. The maximum atomic E-state index is 11.4. The molecule has 0 radical (unpaired) electrons. The standard InChI is InChI=1S/C12H26N2OS/c1-4-13-12(15)11(2)14-9-7-5-6-8-10-16-3/h11,14H,4-10H2,1-3H3,(H,13,15). The molecule has 0 fully saturated rings. The fourth-order valence-corrected chi connectivity index (χ4v) is 1.96. The number of rotatable bonds is 10. The van der Waals surface area contributed by atoms with Crippen LogP contribution in [0.25, 0.3) is 0 Å². The van der Waals surface area contributed by atoms with Crippen LogP contribution in [-0.2, 0) is 4.79 Å². The lowest BCUT2D eigenvalue weighted by Crippen LogP contribution is -2.42. The number of carbonyl (C=O) groups excluding carboxylic acids is 1. The third-order valence-corrected chi connectivity index (χ3v) is 3.17. The van der Waals surface area contributed by atoms with Crippen LogP contribution in [0.3, 0.4) is 0 Å². The van der Waals surface area contributed by atoms with Crippen LogP contribution in [0.5, 0.6) is 0 Å². The zero-order valence-electron chi connectivity index (χ0n) is 10.8. The lowest BCUT2D eigenvalue weighted by atomic mass is 10.2. The Bertz CT molecular complexity index is 176. The van der Waals surface area contributed by atoms with Crippen LogP contribution >= 0.6 is 11.8 Å². The number of hydrogen-bond acceptors (Lipinski definition) is 3. The van der Waals surface area contributed by atoms with E-state index in [1.807, 2.05) is 25.6 Å². The van der Waals surface area contributed by atoms with Gasteiger partial charge in [-0.1, -0.05) is 12.8 Å². The van der Waals surface area contributed by atoms with E-state index in [9.17, 15) is 4.79 Å². The van der Waals surface area contributed by atoms with E-state index < -0.39 is 0 Å². The van der Waals surface area contributed by atoms with Crippen molar-refractivity contribution in [2.24, 2.45) is 0 Å². The van der Waals surface area contributed by atoms with Gasteiger partial charge in [-0.25, -0.2) is 0 Å². The molecule has 1 amide bonds. The van der Waals surface area contributed by atoms with Gasteiger partial charge >= 0.3 is 0 Å². The highest BCUT2D eigenvalue weighted by Gasteiger charge is 2.09. The van der Waals surface area contributed by atoms with Crippen LogP contribution in [0.4, 0.5) is 0 Å². The summed E-state index contributed by atoms with van der Waals surface area (Å²) in [4.78, 5) is 11.4. The van der Waals surface area contributed by atoms with E-state index in [0.717, 1.165) is 13.0 Å². The Morgan fingerprint density at radius 2 is 1.94 bits per heavy atom. The van der Waals surface area contributed by atoms with Crippen molar-refractivity contribution in [1.82, 2.24) is 10.6 Å². The Morgan fingerprint density at radius 3 is 2.56 bits per heavy atom. The van der Waals surface area contributed by atoms with Gasteiger partial charge < -0.3 is 10.6 Å². The molecule has 2 N–H and O–H groups in total. The predicted molar refractivity (Wildman–Crippen MR) is 73.0 cm³/mol. The topological polar surface area (TPSA) is 41.1 Å². The number of nitrogens with one attached hydrogen (secondary N) is 2. The van der Waals surface area contributed by atoms with E-state index in [0.29, 0.717) is 6.54 Å². The largest absolute Gasteiger partial charge is 0.355 e. The van der Waals surface area contributed by atoms with E-state index in [1.54, 1.807) is 0 Å². The molecule has 0 aliphatic rings. The molecule has 0 aromatic carbocycles. The molecule has 0 aromatic rings. The van der Waals surface area contributed by atoms with Crippen molar-refractivity contribution in [2.75, 3.05) is 25.1 Å². The average molecular weight is 246 g/mol. The highest BCUT2D eigenvalue weighted by atomic mass is 32.2. The number of thioether (sulfide) groups is 1. The Labute approximate surface area is 104 Å². The van der Waals surface area contributed by atoms with Crippen LogP contribution in [0, 0.1) is 0 Å². The first-order valence-corrected chi connectivity index (χ1v) is 7.61. The van der Waals surface area contributed by atoms with Crippen LogP contribution in [0.2, 0.25) is 0 Å². The Kier molecular flexibility index (Phi) is 11.1. The summed E-state index contributed by atoms with van der Waals surface area (Å²) in [5, 5.41) is 6.05. The molecule has 0 aliphatic carbocycles. The summed E-state index contributed by atoms with van der Waals surface area (Å²) in [5.74, 6) is 1.37. The summed E-state index contributed by atoms with van der Waals surface area (Å²) in [6.07, 6.45) is 7.19. The van der Waals surface area contributed by atoms with Crippen molar-refractivity contribution in [3.8, 4) is 0 Å². The number of amides is 1. The molecule has 0 spiro atoms. The second-order valence-electron chi connectivity index (χ2n) is 3.98. The molecule has 0 heterocycles. The van der Waals surface area contributed by atoms with Crippen LogP contribution in [-0.4, -0.2) is 37.0 Å². The van der Waals surface area contributed by atoms with Gasteiger partial charge in [-0.2, -0.15) is 11.8 Å². The summed E-state index contributed by atoms with van der Waals surface area (Å²) in [5.41, 5.74) is 0. The summed E-state index contributed by atoms with van der Waals surface area (Å²) in [6.45, 7) is 5.51. The van der Waals surface area contributed by atoms with Gasteiger partial charge in [0.15, 0.2) is 0 Å². The Morgan fingerprint density at radius 1 is 1.25 bits per heavy atom. The highest BCUT2D eigenvalue weighted by Crippen LogP contribution is 2.03. The van der Waals surface area contributed by atoms with E-state index in [2.05, 4.69) is 16.9 Å². The molecule has 0 aromatic heterocycles. The van der Waals surface area contributed by atoms with E-state index in [-0.39, 0.29) is 11.9 Å². The third-order valence-electron chi connectivity index (χ3n) is 2.47. The Balaban J connectivity index is 3.27. The van der Waals surface area contributed by atoms with Gasteiger partial charge in [0.05, 0.1) is 6.04 Å². The second-order valence-corrected chi connectivity index (χ2v) is 4.96. The third kappa shape index (κ3) is 9.04. The minimum atomic E-state index is -0.0638. The molecule has 0 bridgehead atoms. The molecule has 0 rings (SSSR count). The summed E-state index contributed by atoms with van der Waals surface area (Å²) in [6, 6.07) is -0.0638.